The molecular weight excluding hydrogens is 362 g/mol. The standard InChI is InChI=1S/C19H23N5O2S/c1-26-13-17-21-18(23-22-17)14-6-5-7-15(12-14)20-19(25)16(8-11-27-2)24-9-3-4-10-24/h3-7,9-10,12,16H,8,11,13H2,1-2H3,(H,20,25)(H,21,22,23). The minimum absolute atomic E-state index is 0.0348. The highest BCUT2D eigenvalue weighted by atomic mass is 32.2. The van der Waals surface area contributed by atoms with Crippen LogP contribution in [0.5, 0.6) is 0 Å². The molecule has 3 aromatic rings. The van der Waals surface area contributed by atoms with Crippen molar-refractivity contribution in [2.75, 3.05) is 24.4 Å². The number of carbonyl (C=O) groups excluding carboxylic acids is 1. The summed E-state index contributed by atoms with van der Waals surface area (Å²) < 4.78 is 7.00. The van der Waals surface area contributed by atoms with E-state index in [1.165, 1.54) is 0 Å². The Morgan fingerprint density at radius 3 is 2.89 bits per heavy atom. The Balaban J connectivity index is 1.75. The Labute approximate surface area is 162 Å². The average molecular weight is 385 g/mol. The predicted molar refractivity (Wildman–Crippen MR) is 108 cm³/mol. The SMILES string of the molecule is COCc1nc(-c2cccc(NC(=O)C(CCSC)n3cccc3)c2)n[nH]1. The second-order valence-electron chi connectivity index (χ2n) is 6.04. The van der Waals surface area contributed by atoms with E-state index in [2.05, 4.69) is 20.5 Å². The molecule has 0 fully saturated rings. The van der Waals surface area contributed by atoms with Gasteiger partial charge >= 0.3 is 0 Å². The molecule has 0 saturated carbocycles. The fourth-order valence-electron chi connectivity index (χ4n) is 2.79. The van der Waals surface area contributed by atoms with E-state index in [4.69, 9.17) is 4.74 Å². The summed E-state index contributed by atoms with van der Waals surface area (Å²) in [5.74, 6) is 2.11. The summed E-state index contributed by atoms with van der Waals surface area (Å²) in [6, 6.07) is 11.1. The second kappa shape index (κ2) is 9.38. The first-order valence-corrected chi connectivity index (χ1v) is 10.0. The van der Waals surface area contributed by atoms with Gasteiger partial charge in [0.25, 0.3) is 0 Å². The average Bonchev–Trinajstić information content (AvgIpc) is 3.35. The Bertz CT molecular complexity index is 863. The van der Waals surface area contributed by atoms with E-state index in [9.17, 15) is 4.79 Å². The Morgan fingerprint density at radius 2 is 2.15 bits per heavy atom. The Hall–Kier alpha value is -2.58. The van der Waals surface area contributed by atoms with Crippen molar-refractivity contribution in [2.24, 2.45) is 0 Å². The van der Waals surface area contributed by atoms with E-state index in [1.807, 2.05) is 59.6 Å². The molecule has 0 bridgehead atoms. The molecule has 0 aliphatic heterocycles. The summed E-state index contributed by atoms with van der Waals surface area (Å²) in [7, 11) is 1.61. The van der Waals surface area contributed by atoms with Gasteiger partial charge in [-0.05, 0) is 42.7 Å². The van der Waals surface area contributed by atoms with Gasteiger partial charge in [-0.1, -0.05) is 12.1 Å². The van der Waals surface area contributed by atoms with Gasteiger partial charge in [0, 0.05) is 30.8 Å². The highest BCUT2D eigenvalue weighted by molar-refractivity contribution is 7.98. The first-order valence-electron chi connectivity index (χ1n) is 8.64. The number of thioether (sulfide) groups is 1. The minimum atomic E-state index is -0.243. The molecule has 0 saturated heterocycles. The number of nitrogens with zero attached hydrogens (tertiary/aromatic N) is 3. The number of amides is 1. The smallest absolute Gasteiger partial charge is 0.247 e. The van der Waals surface area contributed by atoms with Crippen LogP contribution in [0.15, 0.2) is 48.8 Å². The third-order valence-electron chi connectivity index (χ3n) is 4.09. The number of nitrogens with one attached hydrogen (secondary N) is 2. The zero-order valence-corrected chi connectivity index (χ0v) is 16.2. The van der Waals surface area contributed by atoms with Gasteiger partial charge in [0.1, 0.15) is 12.6 Å². The molecule has 1 atom stereocenters. The predicted octanol–water partition coefficient (Wildman–Crippen LogP) is 3.35. The van der Waals surface area contributed by atoms with Gasteiger partial charge in [-0.3, -0.25) is 9.89 Å². The molecule has 142 valence electrons. The summed E-state index contributed by atoms with van der Waals surface area (Å²) in [6.07, 6.45) is 6.66. The fourth-order valence-corrected chi connectivity index (χ4v) is 3.25. The molecule has 1 amide bonds. The molecule has 0 aliphatic carbocycles. The summed E-state index contributed by atoms with van der Waals surface area (Å²) in [5.41, 5.74) is 1.55. The van der Waals surface area contributed by atoms with Crippen molar-refractivity contribution in [1.82, 2.24) is 19.7 Å². The Kier molecular flexibility index (Phi) is 6.67. The van der Waals surface area contributed by atoms with Gasteiger partial charge in [-0.2, -0.15) is 16.9 Å². The van der Waals surface area contributed by atoms with Gasteiger partial charge in [0.2, 0.25) is 5.91 Å². The van der Waals surface area contributed by atoms with Crippen LogP contribution in [0, 0.1) is 0 Å². The van der Waals surface area contributed by atoms with Crippen LogP contribution in [0.25, 0.3) is 11.4 Å². The van der Waals surface area contributed by atoms with Crippen molar-refractivity contribution in [2.45, 2.75) is 19.1 Å². The van der Waals surface area contributed by atoms with Crippen LogP contribution in [-0.2, 0) is 16.1 Å². The zero-order valence-electron chi connectivity index (χ0n) is 15.4. The van der Waals surface area contributed by atoms with Crippen LogP contribution in [0.3, 0.4) is 0 Å². The van der Waals surface area contributed by atoms with Crippen LogP contribution in [0.1, 0.15) is 18.3 Å². The van der Waals surface area contributed by atoms with Gasteiger partial charge in [0.05, 0.1) is 0 Å². The number of ether oxygens (including phenoxy) is 1. The number of hydrogen-bond donors (Lipinski definition) is 2. The van der Waals surface area contributed by atoms with Crippen molar-refractivity contribution >= 4 is 23.4 Å². The maximum atomic E-state index is 12.9. The van der Waals surface area contributed by atoms with Crippen molar-refractivity contribution in [1.29, 1.82) is 0 Å². The lowest BCUT2D eigenvalue weighted by Crippen LogP contribution is -2.25. The van der Waals surface area contributed by atoms with E-state index >= 15 is 0 Å². The highest BCUT2D eigenvalue weighted by Crippen LogP contribution is 2.22. The molecule has 7 nitrogen and oxygen atoms in total. The van der Waals surface area contributed by atoms with Gasteiger partial charge < -0.3 is 14.6 Å². The molecule has 2 aromatic heterocycles. The number of methoxy groups -OCH3 is 1. The van der Waals surface area contributed by atoms with Crippen LogP contribution in [0.2, 0.25) is 0 Å². The van der Waals surface area contributed by atoms with E-state index in [0.717, 1.165) is 23.4 Å². The Morgan fingerprint density at radius 1 is 1.33 bits per heavy atom. The monoisotopic (exact) mass is 385 g/mol. The van der Waals surface area contributed by atoms with E-state index < -0.39 is 0 Å². The maximum Gasteiger partial charge on any atom is 0.247 e. The van der Waals surface area contributed by atoms with Gasteiger partial charge in [0.15, 0.2) is 11.6 Å². The molecule has 2 heterocycles. The molecule has 0 aliphatic rings. The van der Waals surface area contributed by atoms with Crippen LogP contribution < -0.4 is 5.32 Å². The topological polar surface area (TPSA) is 84.8 Å². The first kappa shape index (κ1) is 19.2. The first-order chi connectivity index (χ1) is 13.2. The molecule has 0 radical (unpaired) electrons. The maximum absolute atomic E-state index is 12.9. The lowest BCUT2D eigenvalue weighted by atomic mass is 10.1. The second-order valence-corrected chi connectivity index (χ2v) is 7.02. The molecule has 0 spiro atoms. The molecule has 27 heavy (non-hydrogen) atoms. The lowest BCUT2D eigenvalue weighted by molar-refractivity contribution is -0.119. The highest BCUT2D eigenvalue weighted by Gasteiger charge is 2.19. The van der Waals surface area contributed by atoms with Crippen LogP contribution in [0.4, 0.5) is 5.69 Å². The number of aromatic nitrogens is 4. The van der Waals surface area contributed by atoms with Crippen molar-refractivity contribution < 1.29 is 9.53 Å². The fraction of sp³-hybridized carbons (Fsp3) is 0.316. The van der Waals surface area contributed by atoms with Crippen molar-refractivity contribution in [3.8, 4) is 11.4 Å². The van der Waals surface area contributed by atoms with Crippen molar-refractivity contribution in [3.63, 3.8) is 0 Å². The summed E-state index contributed by atoms with van der Waals surface area (Å²) in [4.78, 5) is 17.3. The largest absolute Gasteiger partial charge is 0.377 e. The normalized spacial score (nSPS) is 12.1. The van der Waals surface area contributed by atoms with E-state index in [1.54, 1.807) is 18.9 Å². The number of hydrogen-bond acceptors (Lipinski definition) is 5. The molecule has 1 unspecified atom stereocenters. The molecule has 2 N–H and O–H groups in total. The number of carbonyl (C=O) groups is 1. The number of benzene rings is 1. The quantitative estimate of drug-likeness (QED) is 0.590. The molecule has 8 heteroatoms. The molecule has 1 aromatic carbocycles. The third kappa shape index (κ3) is 4.99. The zero-order chi connectivity index (χ0) is 19.1. The number of aromatic amines is 1. The lowest BCUT2D eigenvalue weighted by Gasteiger charge is -2.18. The molecule has 3 rings (SSSR count). The summed E-state index contributed by atoms with van der Waals surface area (Å²) in [5, 5.41) is 10.1. The minimum Gasteiger partial charge on any atom is -0.377 e. The molecular formula is C19H23N5O2S. The van der Waals surface area contributed by atoms with Crippen molar-refractivity contribution in [3.05, 3.63) is 54.6 Å². The number of anilines is 1. The van der Waals surface area contributed by atoms with E-state index in [-0.39, 0.29) is 11.9 Å². The van der Waals surface area contributed by atoms with Gasteiger partial charge in [-0.25, -0.2) is 4.98 Å². The summed E-state index contributed by atoms with van der Waals surface area (Å²) in [6.45, 7) is 0.372. The third-order valence-corrected chi connectivity index (χ3v) is 4.73. The van der Waals surface area contributed by atoms with Crippen LogP contribution in [-0.4, -0.2) is 44.8 Å². The van der Waals surface area contributed by atoms with Crippen LogP contribution >= 0.6 is 11.8 Å². The summed E-state index contributed by atoms with van der Waals surface area (Å²) >= 11 is 1.73. The number of H-pyrrole nitrogens is 1. The number of rotatable bonds is 9. The van der Waals surface area contributed by atoms with E-state index in [0.29, 0.717) is 18.3 Å². The van der Waals surface area contributed by atoms with Gasteiger partial charge in [-0.15, -0.1) is 0 Å².